The lowest BCUT2D eigenvalue weighted by atomic mass is 10.0. The Kier molecular flexibility index (Phi) is 6.76. The SMILES string of the molecule is CC(=O)Nc1ccc2c(c1)N(C1CCN(CCCOc3ccc(F)cc3)CC1)C(C)C2. The Balaban J connectivity index is 1.26. The van der Waals surface area contributed by atoms with Crippen molar-refractivity contribution in [2.45, 2.75) is 51.6 Å². The Morgan fingerprint density at radius 1 is 1.16 bits per heavy atom. The fourth-order valence-electron chi connectivity index (χ4n) is 4.90. The van der Waals surface area contributed by atoms with Crippen LogP contribution in [0, 0.1) is 5.82 Å². The summed E-state index contributed by atoms with van der Waals surface area (Å²) in [5.74, 6) is 0.450. The van der Waals surface area contributed by atoms with Gasteiger partial charge in [0.2, 0.25) is 5.91 Å². The van der Waals surface area contributed by atoms with Crippen LogP contribution in [0.1, 0.15) is 38.7 Å². The molecule has 1 atom stereocenters. The number of benzene rings is 2. The van der Waals surface area contributed by atoms with Crippen molar-refractivity contribution in [3.63, 3.8) is 0 Å². The molecule has 4 rings (SSSR count). The number of nitrogens with zero attached hydrogens (tertiary/aromatic N) is 2. The normalized spacial score (nSPS) is 19.3. The van der Waals surface area contributed by atoms with E-state index >= 15 is 0 Å². The van der Waals surface area contributed by atoms with E-state index in [9.17, 15) is 9.18 Å². The van der Waals surface area contributed by atoms with E-state index < -0.39 is 0 Å². The first-order valence-electron chi connectivity index (χ1n) is 11.3. The van der Waals surface area contributed by atoms with Gasteiger partial charge in [0, 0.05) is 50.0 Å². The summed E-state index contributed by atoms with van der Waals surface area (Å²) in [5.41, 5.74) is 3.54. The van der Waals surface area contributed by atoms with Crippen molar-refractivity contribution in [1.29, 1.82) is 0 Å². The first-order chi connectivity index (χ1) is 15.0. The molecule has 0 aromatic heterocycles. The van der Waals surface area contributed by atoms with Gasteiger partial charge in [-0.2, -0.15) is 0 Å². The molecule has 2 aliphatic rings. The fraction of sp³-hybridized carbons (Fsp3) is 0.480. The molecule has 2 aliphatic heterocycles. The van der Waals surface area contributed by atoms with Gasteiger partial charge in [0.25, 0.3) is 0 Å². The Morgan fingerprint density at radius 2 is 1.90 bits per heavy atom. The summed E-state index contributed by atoms with van der Waals surface area (Å²) < 4.78 is 18.7. The molecule has 1 amide bonds. The highest BCUT2D eigenvalue weighted by Gasteiger charge is 2.33. The Bertz CT molecular complexity index is 894. The average molecular weight is 426 g/mol. The van der Waals surface area contributed by atoms with Gasteiger partial charge in [-0.05, 0) is 74.6 Å². The second-order valence-corrected chi connectivity index (χ2v) is 8.71. The lowest BCUT2D eigenvalue weighted by Gasteiger charge is -2.40. The van der Waals surface area contributed by atoms with Gasteiger partial charge < -0.3 is 19.9 Å². The summed E-state index contributed by atoms with van der Waals surface area (Å²) in [6.07, 6.45) is 4.32. The second-order valence-electron chi connectivity index (χ2n) is 8.71. The van der Waals surface area contributed by atoms with Gasteiger partial charge in [-0.3, -0.25) is 4.79 Å². The molecule has 5 nitrogen and oxygen atoms in total. The Morgan fingerprint density at radius 3 is 2.61 bits per heavy atom. The lowest BCUT2D eigenvalue weighted by Crippen LogP contribution is -2.47. The lowest BCUT2D eigenvalue weighted by molar-refractivity contribution is -0.114. The van der Waals surface area contributed by atoms with Gasteiger partial charge in [0.05, 0.1) is 6.61 Å². The van der Waals surface area contributed by atoms with E-state index in [2.05, 4.69) is 34.2 Å². The van der Waals surface area contributed by atoms with Crippen molar-refractivity contribution in [1.82, 2.24) is 4.90 Å². The van der Waals surface area contributed by atoms with Gasteiger partial charge >= 0.3 is 0 Å². The molecule has 0 radical (unpaired) electrons. The molecule has 0 saturated carbocycles. The van der Waals surface area contributed by atoms with Gasteiger partial charge in [-0.15, -0.1) is 0 Å². The number of halogens is 1. The van der Waals surface area contributed by atoms with Crippen LogP contribution in [0.4, 0.5) is 15.8 Å². The van der Waals surface area contributed by atoms with Crippen LogP contribution in [0.2, 0.25) is 0 Å². The number of carbonyl (C=O) groups is 1. The highest BCUT2D eigenvalue weighted by atomic mass is 19.1. The molecule has 2 heterocycles. The van der Waals surface area contributed by atoms with Crippen molar-refractivity contribution < 1.29 is 13.9 Å². The molecule has 1 unspecified atom stereocenters. The van der Waals surface area contributed by atoms with Crippen LogP contribution >= 0.6 is 0 Å². The molecule has 1 saturated heterocycles. The number of ether oxygens (including phenoxy) is 1. The van der Waals surface area contributed by atoms with E-state index in [0.717, 1.165) is 56.8 Å². The number of rotatable bonds is 7. The summed E-state index contributed by atoms with van der Waals surface area (Å²) in [4.78, 5) is 16.5. The van der Waals surface area contributed by atoms with Crippen molar-refractivity contribution in [2.24, 2.45) is 0 Å². The van der Waals surface area contributed by atoms with E-state index in [-0.39, 0.29) is 11.7 Å². The van der Waals surface area contributed by atoms with Crippen LogP contribution in [0.25, 0.3) is 0 Å². The third kappa shape index (κ3) is 5.37. The first-order valence-corrected chi connectivity index (χ1v) is 11.3. The predicted octanol–water partition coefficient (Wildman–Crippen LogP) is 4.47. The van der Waals surface area contributed by atoms with Crippen molar-refractivity contribution in [2.75, 3.05) is 36.5 Å². The van der Waals surface area contributed by atoms with Crippen LogP contribution in [0.3, 0.4) is 0 Å². The van der Waals surface area contributed by atoms with Crippen LogP contribution < -0.4 is 15.0 Å². The summed E-state index contributed by atoms with van der Waals surface area (Å²) in [5, 5.41) is 2.92. The zero-order valence-electron chi connectivity index (χ0n) is 18.4. The number of hydrogen-bond donors (Lipinski definition) is 1. The van der Waals surface area contributed by atoms with Crippen LogP contribution in [0.5, 0.6) is 5.75 Å². The second kappa shape index (κ2) is 9.69. The number of amides is 1. The molecule has 31 heavy (non-hydrogen) atoms. The van der Waals surface area contributed by atoms with Crippen LogP contribution in [-0.2, 0) is 11.2 Å². The topological polar surface area (TPSA) is 44.8 Å². The fourth-order valence-corrected chi connectivity index (χ4v) is 4.90. The van der Waals surface area contributed by atoms with Crippen molar-refractivity contribution >= 4 is 17.3 Å². The van der Waals surface area contributed by atoms with Crippen LogP contribution in [-0.4, -0.2) is 49.1 Å². The number of piperidine rings is 1. The number of nitrogens with one attached hydrogen (secondary N) is 1. The van der Waals surface area contributed by atoms with E-state index in [4.69, 9.17) is 4.74 Å². The molecule has 1 fully saturated rings. The molecule has 0 spiro atoms. The third-order valence-corrected chi connectivity index (χ3v) is 6.33. The monoisotopic (exact) mass is 425 g/mol. The molecule has 166 valence electrons. The molecule has 0 aliphatic carbocycles. The minimum atomic E-state index is -0.239. The third-order valence-electron chi connectivity index (χ3n) is 6.33. The van der Waals surface area contributed by atoms with Gasteiger partial charge in [0.1, 0.15) is 11.6 Å². The van der Waals surface area contributed by atoms with Crippen molar-refractivity contribution in [3.05, 3.63) is 53.8 Å². The van der Waals surface area contributed by atoms with Crippen LogP contribution in [0.15, 0.2) is 42.5 Å². The van der Waals surface area contributed by atoms with Crippen molar-refractivity contribution in [3.8, 4) is 5.75 Å². The highest BCUT2D eigenvalue weighted by Crippen LogP contribution is 2.38. The van der Waals surface area contributed by atoms with E-state index in [1.807, 2.05) is 6.07 Å². The maximum absolute atomic E-state index is 13.0. The Hall–Kier alpha value is -2.60. The van der Waals surface area contributed by atoms with E-state index in [1.54, 1.807) is 19.1 Å². The number of fused-ring (bicyclic) bond motifs is 1. The Labute approximate surface area is 184 Å². The zero-order valence-corrected chi connectivity index (χ0v) is 18.4. The summed E-state index contributed by atoms with van der Waals surface area (Å²) in [6, 6.07) is 13.5. The average Bonchev–Trinajstić information content (AvgIpc) is 3.07. The van der Waals surface area contributed by atoms with E-state index in [1.165, 1.54) is 23.4 Å². The first kappa shape index (κ1) is 21.6. The quantitative estimate of drug-likeness (QED) is 0.665. The number of anilines is 2. The minimum Gasteiger partial charge on any atom is -0.494 e. The number of hydrogen-bond acceptors (Lipinski definition) is 4. The highest BCUT2D eigenvalue weighted by molar-refractivity contribution is 5.89. The van der Waals surface area contributed by atoms with E-state index in [0.29, 0.717) is 18.7 Å². The summed E-state index contributed by atoms with van der Waals surface area (Å²) >= 11 is 0. The van der Waals surface area contributed by atoms with Gasteiger partial charge in [-0.1, -0.05) is 6.07 Å². The molecular formula is C25H32FN3O2. The molecule has 0 bridgehead atoms. The molecular weight excluding hydrogens is 393 g/mol. The van der Waals surface area contributed by atoms with Gasteiger partial charge in [0.15, 0.2) is 0 Å². The summed E-state index contributed by atoms with van der Waals surface area (Å²) in [6.45, 7) is 7.70. The van der Waals surface area contributed by atoms with Gasteiger partial charge in [-0.25, -0.2) is 4.39 Å². The molecule has 2 aromatic carbocycles. The maximum atomic E-state index is 13.0. The summed E-state index contributed by atoms with van der Waals surface area (Å²) in [7, 11) is 0. The standard InChI is InChI=1S/C25H32FN3O2/c1-18-16-20-4-7-22(27-19(2)30)17-25(20)29(18)23-10-13-28(14-11-23)12-3-15-31-24-8-5-21(26)6-9-24/h4-9,17-18,23H,3,10-16H2,1-2H3,(H,27,30). The smallest absolute Gasteiger partial charge is 0.221 e. The number of carbonyl (C=O) groups excluding carboxylic acids is 1. The predicted molar refractivity (Wildman–Crippen MR) is 122 cm³/mol. The molecule has 1 N–H and O–H groups in total. The minimum absolute atomic E-state index is 0.0331. The maximum Gasteiger partial charge on any atom is 0.221 e. The number of likely N-dealkylation sites (tertiary alicyclic amines) is 1. The largest absolute Gasteiger partial charge is 0.494 e. The molecule has 2 aromatic rings. The zero-order chi connectivity index (χ0) is 21.8. The molecule has 6 heteroatoms.